The molecule has 30 heavy (non-hydrogen) atoms. The third-order valence-electron chi connectivity index (χ3n) is 5.17. The molecule has 9 heteroatoms. The molecule has 0 atom stereocenters. The van der Waals surface area contributed by atoms with E-state index >= 15 is 0 Å². The smallest absolute Gasteiger partial charge is 0.251 e. The zero-order valence-electron chi connectivity index (χ0n) is 16.5. The predicted octanol–water partition coefficient (Wildman–Crippen LogP) is 3.46. The highest BCUT2D eigenvalue weighted by Gasteiger charge is 2.19. The molecule has 2 aromatic rings. The van der Waals surface area contributed by atoms with Crippen molar-refractivity contribution in [2.45, 2.75) is 6.54 Å². The number of fused-ring (bicyclic) bond motifs is 1. The molecule has 6 nitrogen and oxygen atoms in total. The first-order chi connectivity index (χ1) is 13.7. The maximum atomic E-state index is 12.3. The van der Waals surface area contributed by atoms with E-state index in [9.17, 15) is 4.79 Å². The average Bonchev–Trinajstić information content (AvgIpc) is 3.19. The van der Waals surface area contributed by atoms with Crippen molar-refractivity contribution in [3.05, 3.63) is 58.6 Å². The highest BCUT2D eigenvalue weighted by Crippen LogP contribution is 2.32. The monoisotopic (exact) mass is 473 g/mol. The van der Waals surface area contributed by atoms with Gasteiger partial charge in [-0.2, -0.15) is 0 Å². The van der Waals surface area contributed by atoms with Gasteiger partial charge in [0.15, 0.2) is 11.5 Å². The maximum absolute atomic E-state index is 12.3. The minimum Gasteiger partial charge on any atom is -0.454 e. The molecule has 0 spiro atoms. The van der Waals surface area contributed by atoms with Crippen LogP contribution in [0.4, 0.5) is 0 Å². The van der Waals surface area contributed by atoms with Gasteiger partial charge in [0.2, 0.25) is 6.79 Å². The van der Waals surface area contributed by atoms with Crippen molar-refractivity contribution in [3.63, 3.8) is 0 Å². The molecule has 2 heterocycles. The van der Waals surface area contributed by atoms with Gasteiger partial charge in [-0.3, -0.25) is 14.6 Å². The van der Waals surface area contributed by atoms with E-state index in [-0.39, 0.29) is 37.5 Å². The van der Waals surface area contributed by atoms with E-state index < -0.39 is 0 Å². The van der Waals surface area contributed by atoms with Gasteiger partial charge in [-0.1, -0.05) is 29.8 Å². The number of carbonyl (C=O) groups excluding carboxylic acids is 1. The first kappa shape index (κ1) is 24.6. The Morgan fingerprint density at radius 2 is 1.67 bits per heavy atom. The van der Waals surface area contributed by atoms with E-state index in [1.165, 1.54) is 5.56 Å². The van der Waals surface area contributed by atoms with Crippen LogP contribution >= 0.6 is 36.4 Å². The summed E-state index contributed by atoms with van der Waals surface area (Å²) in [7, 11) is 0. The topological polar surface area (TPSA) is 54.0 Å². The lowest BCUT2D eigenvalue weighted by Crippen LogP contribution is -2.48. The van der Waals surface area contributed by atoms with Gasteiger partial charge in [-0.25, -0.2) is 0 Å². The Labute approximate surface area is 194 Å². The largest absolute Gasteiger partial charge is 0.454 e. The molecule has 1 amide bonds. The van der Waals surface area contributed by atoms with Crippen molar-refractivity contribution >= 4 is 42.3 Å². The van der Waals surface area contributed by atoms with Gasteiger partial charge in [0.1, 0.15) is 0 Å². The summed E-state index contributed by atoms with van der Waals surface area (Å²) in [6.07, 6.45) is 0. The fraction of sp³-hybridized carbons (Fsp3) is 0.381. The molecule has 0 aliphatic carbocycles. The number of nitrogens with one attached hydrogen (secondary N) is 1. The average molecular weight is 475 g/mol. The van der Waals surface area contributed by atoms with Crippen LogP contribution in [0.25, 0.3) is 0 Å². The van der Waals surface area contributed by atoms with Gasteiger partial charge in [0, 0.05) is 56.4 Å². The van der Waals surface area contributed by atoms with Crippen LogP contribution in [-0.2, 0) is 6.54 Å². The Morgan fingerprint density at radius 1 is 0.967 bits per heavy atom. The molecule has 164 valence electrons. The number of benzene rings is 2. The Morgan fingerprint density at radius 3 is 2.43 bits per heavy atom. The summed E-state index contributed by atoms with van der Waals surface area (Å²) >= 11 is 6.26. The van der Waals surface area contributed by atoms with Gasteiger partial charge in [0.05, 0.1) is 0 Å². The van der Waals surface area contributed by atoms with Crippen LogP contribution < -0.4 is 14.8 Å². The van der Waals surface area contributed by atoms with Crippen LogP contribution in [0.1, 0.15) is 15.9 Å². The second kappa shape index (κ2) is 11.6. The lowest BCUT2D eigenvalue weighted by molar-refractivity contribution is 0.0933. The highest BCUT2D eigenvalue weighted by molar-refractivity contribution is 6.31. The SMILES string of the molecule is Cl.Cl.O=C(NCCN1CCN(Cc2ccccc2Cl)CC1)c1ccc2c(c1)OCO2. The summed E-state index contributed by atoms with van der Waals surface area (Å²) in [5.74, 6) is 1.23. The number of piperazine rings is 1. The fourth-order valence-corrected chi connectivity index (χ4v) is 3.70. The summed E-state index contributed by atoms with van der Waals surface area (Å²) in [6, 6.07) is 13.3. The quantitative estimate of drug-likeness (QED) is 0.695. The molecule has 1 saturated heterocycles. The number of rotatable bonds is 6. The number of hydrogen-bond donors (Lipinski definition) is 1. The van der Waals surface area contributed by atoms with Crippen molar-refractivity contribution < 1.29 is 14.3 Å². The number of halogens is 3. The molecule has 0 bridgehead atoms. The fourth-order valence-electron chi connectivity index (χ4n) is 3.51. The maximum Gasteiger partial charge on any atom is 0.251 e. The number of carbonyl (C=O) groups is 1. The van der Waals surface area contributed by atoms with E-state index in [1.807, 2.05) is 18.2 Å². The predicted molar refractivity (Wildman–Crippen MR) is 123 cm³/mol. The Balaban J connectivity index is 0.00000160. The Hall–Kier alpha value is -1.70. The van der Waals surface area contributed by atoms with Crippen LogP contribution in [-0.4, -0.2) is 61.8 Å². The Bertz CT molecular complexity index is 845. The van der Waals surface area contributed by atoms with E-state index in [1.54, 1.807) is 18.2 Å². The molecule has 0 aromatic heterocycles. The third-order valence-corrected chi connectivity index (χ3v) is 5.53. The number of nitrogens with zero attached hydrogens (tertiary/aromatic N) is 2. The minimum absolute atomic E-state index is 0. The van der Waals surface area contributed by atoms with Gasteiger partial charge < -0.3 is 14.8 Å². The molecule has 2 aliphatic rings. The molecule has 0 saturated carbocycles. The van der Waals surface area contributed by atoms with Gasteiger partial charge in [-0.15, -0.1) is 24.8 Å². The summed E-state index contributed by atoms with van der Waals surface area (Å²) in [5, 5.41) is 3.82. The number of amides is 1. The lowest BCUT2D eigenvalue weighted by Gasteiger charge is -2.34. The third kappa shape index (κ3) is 6.15. The second-order valence-electron chi connectivity index (χ2n) is 7.03. The van der Waals surface area contributed by atoms with Crippen molar-refractivity contribution in [1.82, 2.24) is 15.1 Å². The lowest BCUT2D eigenvalue weighted by atomic mass is 10.2. The zero-order valence-corrected chi connectivity index (χ0v) is 18.9. The zero-order chi connectivity index (χ0) is 19.3. The van der Waals surface area contributed by atoms with Crippen LogP contribution in [0, 0.1) is 0 Å². The number of hydrogen-bond acceptors (Lipinski definition) is 5. The molecule has 0 radical (unpaired) electrons. The van der Waals surface area contributed by atoms with Crippen LogP contribution in [0.2, 0.25) is 5.02 Å². The van der Waals surface area contributed by atoms with Gasteiger partial charge >= 0.3 is 0 Å². The van der Waals surface area contributed by atoms with E-state index in [2.05, 4.69) is 21.2 Å². The molecule has 1 N–H and O–H groups in total. The first-order valence-corrected chi connectivity index (χ1v) is 9.93. The van der Waals surface area contributed by atoms with Gasteiger partial charge in [-0.05, 0) is 29.8 Å². The summed E-state index contributed by atoms with van der Waals surface area (Å²) in [5.41, 5.74) is 1.77. The molecular weight excluding hydrogens is 449 g/mol. The van der Waals surface area contributed by atoms with Crippen molar-refractivity contribution in [3.8, 4) is 11.5 Å². The standard InChI is InChI=1S/C21H24ClN3O3.2ClH/c22-18-4-2-1-3-17(18)14-25-11-9-24(10-12-25)8-7-23-21(26)16-5-6-19-20(13-16)28-15-27-19;;/h1-6,13H,7-12,14-15H2,(H,23,26);2*1H. The molecular formula is C21H26Cl3N3O3. The van der Waals surface area contributed by atoms with E-state index in [0.29, 0.717) is 23.6 Å². The normalized spacial score (nSPS) is 15.8. The molecule has 2 aromatic carbocycles. The Kier molecular flexibility index (Phi) is 9.52. The highest BCUT2D eigenvalue weighted by atomic mass is 35.5. The van der Waals surface area contributed by atoms with E-state index in [4.69, 9.17) is 21.1 Å². The minimum atomic E-state index is -0.0874. The molecule has 0 unspecified atom stereocenters. The van der Waals surface area contributed by atoms with Gasteiger partial charge in [0.25, 0.3) is 5.91 Å². The molecule has 1 fully saturated rings. The van der Waals surface area contributed by atoms with Crippen LogP contribution in [0.3, 0.4) is 0 Å². The van der Waals surface area contributed by atoms with Crippen molar-refractivity contribution in [2.75, 3.05) is 46.1 Å². The first-order valence-electron chi connectivity index (χ1n) is 9.55. The second-order valence-corrected chi connectivity index (χ2v) is 7.44. The van der Waals surface area contributed by atoms with Crippen LogP contribution in [0.5, 0.6) is 11.5 Å². The van der Waals surface area contributed by atoms with E-state index in [0.717, 1.165) is 44.3 Å². The number of ether oxygens (including phenoxy) is 2. The summed E-state index contributed by atoms with van der Waals surface area (Å²) in [4.78, 5) is 17.1. The van der Waals surface area contributed by atoms with Crippen LogP contribution in [0.15, 0.2) is 42.5 Å². The summed E-state index contributed by atoms with van der Waals surface area (Å²) in [6.45, 7) is 6.54. The van der Waals surface area contributed by atoms with Crippen molar-refractivity contribution in [2.24, 2.45) is 0 Å². The molecule has 4 rings (SSSR count). The summed E-state index contributed by atoms with van der Waals surface area (Å²) < 4.78 is 10.6. The molecule has 2 aliphatic heterocycles. The van der Waals surface area contributed by atoms with Crippen molar-refractivity contribution in [1.29, 1.82) is 0 Å².